The largest absolute Gasteiger partial charge is 0.465 e. The van der Waals surface area contributed by atoms with Crippen LogP contribution in [0.1, 0.15) is 10.4 Å². The first-order valence-electron chi connectivity index (χ1n) is 5.52. The summed E-state index contributed by atoms with van der Waals surface area (Å²) in [5.41, 5.74) is -0.109. The summed E-state index contributed by atoms with van der Waals surface area (Å²) in [5, 5.41) is 0. The molecule has 0 unspecified atom stereocenters. The first-order valence-corrected chi connectivity index (χ1v) is 9.06. The molecule has 0 heterocycles. The smallest absolute Gasteiger partial charge is 0.339 e. The van der Waals surface area contributed by atoms with Gasteiger partial charge in [-0.2, -0.15) is 0 Å². The third-order valence-electron chi connectivity index (χ3n) is 2.35. The number of carbonyl (C=O) groups excluding carboxylic acids is 1. The van der Waals surface area contributed by atoms with E-state index in [1.165, 1.54) is 24.3 Å². The number of ether oxygens (including phenoxy) is 1. The van der Waals surface area contributed by atoms with E-state index in [9.17, 15) is 21.6 Å². The number of rotatable bonds is 6. The van der Waals surface area contributed by atoms with Gasteiger partial charge < -0.3 is 4.74 Å². The number of hydrogen-bond donors (Lipinski definition) is 1. The zero-order valence-electron chi connectivity index (χ0n) is 11.0. The molecule has 0 aliphatic carbocycles. The zero-order chi connectivity index (χ0) is 15.4. The number of esters is 1. The van der Waals surface area contributed by atoms with Crippen LogP contribution in [0, 0.1) is 0 Å². The second-order valence-corrected chi connectivity index (χ2v) is 8.01. The predicted molar refractivity (Wildman–Crippen MR) is 72.7 cm³/mol. The van der Waals surface area contributed by atoms with Gasteiger partial charge in [-0.05, 0) is 12.1 Å². The van der Waals surface area contributed by atoms with E-state index < -0.39 is 25.8 Å². The van der Waals surface area contributed by atoms with Gasteiger partial charge in [0.25, 0.3) is 0 Å². The van der Waals surface area contributed by atoms with Crippen molar-refractivity contribution in [3.63, 3.8) is 0 Å². The summed E-state index contributed by atoms with van der Waals surface area (Å²) in [6, 6.07) is 5.52. The van der Waals surface area contributed by atoms with Crippen molar-refractivity contribution in [3.05, 3.63) is 29.8 Å². The van der Waals surface area contributed by atoms with Crippen LogP contribution in [0.4, 0.5) is 0 Å². The van der Waals surface area contributed by atoms with Crippen molar-refractivity contribution < 1.29 is 26.4 Å². The van der Waals surface area contributed by atoms with E-state index in [0.717, 1.165) is 13.4 Å². The maximum atomic E-state index is 12.0. The van der Waals surface area contributed by atoms with Crippen molar-refractivity contribution in [2.75, 3.05) is 25.7 Å². The Morgan fingerprint density at radius 3 is 2.35 bits per heavy atom. The zero-order valence-corrected chi connectivity index (χ0v) is 12.6. The second kappa shape index (κ2) is 6.33. The lowest BCUT2D eigenvalue weighted by Gasteiger charge is -2.09. The molecule has 0 radical (unpaired) electrons. The maximum Gasteiger partial charge on any atom is 0.339 e. The third-order valence-corrected chi connectivity index (χ3v) is 4.81. The predicted octanol–water partition coefficient (Wildman–Crippen LogP) is -0.204. The van der Waals surface area contributed by atoms with Crippen LogP contribution >= 0.6 is 0 Å². The van der Waals surface area contributed by atoms with Gasteiger partial charge in [-0.25, -0.2) is 26.4 Å². The highest BCUT2D eigenvalue weighted by molar-refractivity contribution is 7.91. The molecule has 0 fully saturated rings. The topological polar surface area (TPSA) is 107 Å². The summed E-state index contributed by atoms with van der Waals surface area (Å²) in [6.45, 7) is -0.267. The van der Waals surface area contributed by atoms with E-state index >= 15 is 0 Å². The Hall–Kier alpha value is -1.45. The summed E-state index contributed by atoms with van der Waals surface area (Å²) in [6.07, 6.45) is 1.00. The molecule has 0 saturated carbocycles. The molecule has 0 atom stereocenters. The average molecular weight is 321 g/mol. The van der Waals surface area contributed by atoms with E-state index in [1.807, 2.05) is 0 Å². The monoisotopic (exact) mass is 321 g/mol. The molecule has 9 heteroatoms. The van der Waals surface area contributed by atoms with Gasteiger partial charge in [0.05, 0.1) is 23.3 Å². The van der Waals surface area contributed by atoms with Crippen LogP contribution in [0.15, 0.2) is 29.2 Å². The highest BCUT2D eigenvalue weighted by atomic mass is 32.2. The molecule has 112 valence electrons. The summed E-state index contributed by atoms with van der Waals surface area (Å²) in [7, 11) is -6.12. The Bertz CT molecular complexity index is 693. The first-order chi connectivity index (χ1) is 9.17. The second-order valence-electron chi connectivity index (χ2n) is 4.02. The highest BCUT2D eigenvalue weighted by Gasteiger charge is 2.22. The van der Waals surface area contributed by atoms with E-state index in [-0.39, 0.29) is 22.8 Å². The lowest BCUT2D eigenvalue weighted by atomic mass is 10.2. The molecule has 0 bridgehead atoms. The number of carbonyl (C=O) groups is 1. The van der Waals surface area contributed by atoms with Crippen molar-refractivity contribution in [2.45, 2.75) is 4.90 Å². The summed E-state index contributed by atoms with van der Waals surface area (Å²) >= 11 is 0. The van der Waals surface area contributed by atoms with Crippen molar-refractivity contribution >= 4 is 25.8 Å². The van der Waals surface area contributed by atoms with Gasteiger partial charge in [-0.15, -0.1) is 0 Å². The van der Waals surface area contributed by atoms with Gasteiger partial charge in [-0.3, -0.25) is 0 Å². The van der Waals surface area contributed by atoms with Gasteiger partial charge in [0.2, 0.25) is 10.0 Å². The van der Waals surface area contributed by atoms with E-state index in [4.69, 9.17) is 0 Å². The van der Waals surface area contributed by atoms with Crippen LogP contribution in [0.25, 0.3) is 0 Å². The van der Waals surface area contributed by atoms with E-state index in [2.05, 4.69) is 9.46 Å². The maximum absolute atomic E-state index is 12.0. The molecular weight excluding hydrogens is 306 g/mol. The van der Waals surface area contributed by atoms with Crippen LogP contribution in [0.3, 0.4) is 0 Å². The molecule has 7 nitrogen and oxygen atoms in total. The fourth-order valence-electron chi connectivity index (χ4n) is 1.42. The van der Waals surface area contributed by atoms with E-state index in [0.29, 0.717) is 0 Å². The van der Waals surface area contributed by atoms with Crippen molar-refractivity contribution in [1.82, 2.24) is 4.72 Å². The molecule has 0 amide bonds. The molecule has 1 rings (SSSR count). The summed E-state index contributed by atoms with van der Waals surface area (Å²) in [5.74, 6) is -1.11. The number of sulfonamides is 1. The van der Waals surface area contributed by atoms with Crippen molar-refractivity contribution in [1.29, 1.82) is 0 Å². The van der Waals surface area contributed by atoms with Crippen LogP contribution < -0.4 is 4.72 Å². The van der Waals surface area contributed by atoms with Crippen molar-refractivity contribution in [3.8, 4) is 0 Å². The minimum atomic E-state index is -3.98. The number of nitrogens with one attached hydrogen (secondary N) is 1. The molecule has 1 N–H and O–H groups in total. The van der Waals surface area contributed by atoms with Gasteiger partial charge in [0.1, 0.15) is 9.84 Å². The molecule has 0 aromatic heterocycles. The molecule has 20 heavy (non-hydrogen) atoms. The van der Waals surface area contributed by atoms with Crippen molar-refractivity contribution in [2.24, 2.45) is 0 Å². The molecule has 0 saturated heterocycles. The van der Waals surface area contributed by atoms with Crippen LogP contribution in [-0.4, -0.2) is 48.5 Å². The van der Waals surface area contributed by atoms with Gasteiger partial charge in [0.15, 0.2) is 0 Å². The van der Waals surface area contributed by atoms with Gasteiger partial charge >= 0.3 is 5.97 Å². The minimum absolute atomic E-state index is 0.109. The molecule has 1 aromatic carbocycles. The molecular formula is C11H15NO6S2. The normalized spacial score (nSPS) is 12.1. The Morgan fingerprint density at radius 1 is 1.20 bits per heavy atom. The lowest BCUT2D eigenvalue weighted by molar-refractivity contribution is 0.0596. The fraction of sp³-hybridized carbons (Fsp3) is 0.364. The molecule has 0 aliphatic rings. The Labute approximate surface area is 117 Å². The Morgan fingerprint density at radius 2 is 1.80 bits per heavy atom. The third kappa shape index (κ3) is 4.58. The van der Waals surface area contributed by atoms with Gasteiger partial charge in [0, 0.05) is 12.8 Å². The summed E-state index contributed by atoms with van der Waals surface area (Å²) in [4.78, 5) is 11.3. The number of benzene rings is 1. The summed E-state index contributed by atoms with van der Waals surface area (Å²) < 4.78 is 52.7. The number of methoxy groups -OCH3 is 1. The van der Waals surface area contributed by atoms with Crippen LogP contribution in [0.5, 0.6) is 0 Å². The SMILES string of the molecule is COC(=O)c1ccccc1S(=O)(=O)NCCS(C)(=O)=O. The average Bonchev–Trinajstić information content (AvgIpc) is 2.36. The van der Waals surface area contributed by atoms with Crippen LogP contribution in [-0.2, 0) is 24.6 Å². The molecule has 0 aliphatic heterocycles. The fourth-order valence-corrected chi connectivity index (χ4v) is 3.25. The standard InChI is InChI=1S/C11H15NO6S2/c1-18-11(13)9-5-3-4-6-10(9)20(16,17)12-7-8-19(2,14)15/h3-6,12H,7-8H2,1-2H3. The number of hydrogen-bond acceptors (Lipinski definition) is 6. The first kappa shape index (κ1) is 16.6. The number of sulfone groups is 1. The lowest BCUT2D eigenvalue weighted by Crippen LogP contribution is -2.30. The molecule has 0 spiro atoms. The minimum Gasteiger partial charge on any atom is -0.465 e. The van der Waals surface area contributed by atoms with Crippen LogP contribution in [0.2, 0.25) is 0 Å². The quantitative estimate of drug-likeness (QED) is 0.727. The Balaban J connectivity index is 3.01. The highest BCUT2D eigenvalue weighted by Crippen LogP contribution is 2.16. The van der Waals surface area contributed by atoms with Gasteiger partial charge in [-0.1, -0.05) is 12.1 Å². The Kier molecular flexibility index (Phi) is 5.26. The van der Waals surface area contributed by atoms with E-state index in [1.54, 1.807) is 0 Å². The molecule has 1 aromatic rings.